The summed E-state index contributed by atoms with van der Waals surface area (Å²) in [5.41, 5.74) is 4.20. The van der Waals surface area contributed by atoms with E-state index in [1.165, 1.54) is 0 Å². The molecule has 3 aromatic carbocycles. The molecule has 35 heavy (non-hydrogen) atoms. The molecule has 0 saturated carbocycles. The van der Waals surface area contributed by atoms with Crippen molar-refractivity contribution in [1.29, 1.82) is 0 Å². The fraction of sp³-hybridized carbons (Fsp3) is 0.286. The summed E-state index contributed by atoms with van der Waals surface area (Å²) < 4.78 is 39.8. The van der Waals surface area contributed by atoms with Gasteiger partial charge in [-0.2, -0.15) is 0 Å². The Hall–Kier alpha value is -3.29. The lowest BCUT2D eigenvalue weighted by molar-refractivity contribution is 0.353. The third kappa shape index (κ3) is 4.66. The van der Waals surface area contributed by atoms with E-state index in [0.29, 0.717) is 29.4 Å². The number of methoxy groups -OCH3 is 2. The van der Waals surface area contributed by atoms with Gasteiger partial charge in [0.1, 0.15) is 0 Å². The second-order valence-electron chi connectivity index (χ2n) is 8.97. The van der Waals surface area contributed by atoms with E-state index in [9.17, 15) is 8.42 Å². The van der Waals surface area contributed by atoms with Crippen molar-refractivity contribution in [2.24, 2.45) is 5.92 Å². The zero-order valence-electron chi connectivity index (χ0n) is 19.9. The number of hydrogen-bond acceptors (Lipinski definition) is 5. The molecule has 0 amide bonds. The third-order valence-corrected chi connectivity index (χ3v) is 8.42. The van der Waals surface area contributed by atoms with Gasteiger partial charge >= 0.3 is 0 Å². The fourth-order valence-corrected chi connectivity index (χ4v) is 6.24. The predicted molar refractivity (Wildman–Crippen MR) is 138 cm³/mol. The monoisotopic (exact) mass is 490 g/mol. The van der Waals surface area contributed by atoms with Crippen LogP contribution in [0.2, 0.25) is 0 Å². The van der Waals surface area contributed by atoms with Gasteiger partial charge in [-0.15, -0.1) is 0 Å². The van der Waals surface area contributed by atoms with Gasteiger partial charge in [-0.25, -0.2) is 13.1 Å². The number of anilines is 1. The molecule has 6 nitrogen and oxygen atoms in total. The lowest BCUT2D eigenvalue weighted by atomic mass is 9.77. The molecule has 2 N–H and O–H groups in total. The average Bonchev–Trinajstić information content (AvgIpc) is 3.38. The van der Waals surface area contributed by atoms with E-state index < -0.39 is 10.0 Å². The Kier molecular flexibility index (Phi) is 6.54. The lowest BCUT2D eigenvalue weighted by Crippen LogP contribution is -2.30. The van der Waals surface area contributed by atoms with E-state index in [-0.39, 0.29) is 17.9 Å². The smallest absolute Gasteiger partial charge is 0.240 e. The van der Waals surface area contributed by atoms with Crippen molar-refractivity contribution >= 4 is 15.7 Å². The zero-order valence-corrected chi connectivity index (χ0v) is 20.7. The summed E-state index contributed by atoms with van der Waals surface area (Å²) >= 11 is 0. The van der Waals surface area contributed by atoms with Crippen molar-refractivity contribution in [2.75, 3.05) is 26.1 Å². The molecule has 3 atom stereocenters. The van der Waals surface area contributed by atoms with Gasteiger partial charge in [0.2, 0.25) is 10.0 Å². The Bertz CT molecular complexity index is 1340. The first-order valence-corrected chi connectivity index (χ1v) is 13.3. The molecule has 182 valence electrons. The molecule has 0 bridgehead atoms. The van der Waals surface area contributed by atoms with E-state index in [1.54, 1.807) is 20.3 Å². The maximum Gasteiger partial charge on any atom is 0.240 e. The minimum absolute atomic E-state index is 0.0776. The van der Waals surface area contributed by atoms with Gasteiger partial charge in [-0.1, -0.05) is 48.6 Å². The maximum atomic E-state index is 13.0. The summed E-state index contributed by atoms with van der Waals surface area (Å²) in [6.45, 7) is 0.356. The summed E-state index contributed by atoms with van der Waals surface area (Å²) in [5, 5.41) is 3.67. The van der Waals surface area contributed by atoms with Crippen LogP contribution in [0.15, 0.2) is 83.8 Å². The van der Waals surface area contributed by atoms with Crippen LogP contribution in [0.5, 0.6) is 11.5 Å². The van der Waals surface area contributed by atoms with Crippen molar-refractivity contribution in [2.45, 2.75) is 29.7 Å². The summed E-state index contributed by atoms with van der Waals surface area (Å²) in [6, 6.07) is 21.4. The number of rotatable bonds is 8. The van der Waals surface area contributed by atoms with Crippen molar-refractivity contribution in [3.63, 3.8) is 0 Å². The third-order valence-electron chi connectivity index (χ3n) is 6.96. The molecular weight excluding hydrogens is 460 g/mol. The first-order valence-electron chi connectivity index (χ1n) is 11.8. The van der Waals surface area contributed by atoms with Crippen molar-refractivity contribution < 1.29 is 17.9 Å². The standard InChI is InChI=1S/C28H30N2O4S/c1-33-26-14-11-20(17-27(26)34-2)28-23-10-6-9-22(23)24-18-21(12-13-25(24)30-28)35(31,32)29-16-15-19-7-4-3-5-8-19/h3-9,11-14,17-18,22-23,28-30H,10,15-16H2,1-2H3. The molecule has 1 aliphatic heterocycles. The second-order valence-corrected chi connectivity index (χ2v) is 10.7. The van der Waals surface area contributed by atoms with Gasteiger partial charge in [0.15, 0.2) is 11.5 Å². The van der Waals surface area contributed by atoms with Gasteiger partial charge in [0, 0.05) is 18.2 Å². The van der Waals surface area contributed by atoms with Gasteiger partial charge in [-0.05, 0) is 65.8 Å². The highest BCUT2D eigenvalue weighted by Crippen LogP contribution is 2.50. The molecule has 0 spiro atoms. The SMILES string of the molecule is COc1ccc(C2Nc3ccc(S(=O)(=O)NCCc4ccccc4)cc3C3C=CCC32)cc1OC. The fourth-order valence-electron chi connectivity index (χ4n) is 5.17. The van der Waals surface area contributed by atoms with Crippen LogP contribution in [0.1, 0.15) is 35.1 Å². The van der Waals surface area contributed by atoms with Crippen LogP contribution in [0, 0.1) is 5.92 Å². The van der Waals surface area contributed by atoms with Crippen LogP contribution in [0.25, 0.3) is 0 Å². The Labute approximate surface area is 207 Å². The molecule has 3 unspecified atom stereocenters. The van der Waals surface area contributed by atoms with Crippen LogP contribution in [0.4, 0.5) is 5.69 Å². The van der Waals surface area contributed by atoms with E-state index in [0.717, 1.165) is 28.8 Å². The quantitative estimate of drug-likeness (QED) is 0.432. The van der Waals surface area contributed by atoms with Gasteiger partial charge in [0.05, 0.1) is 25.2 Å². The molecule has 0 radical (unpaired) electrons. The van der Waals surface area contributed by atoms with Crippen molar-refractivity contribution in [3.05, 3.63) is 95.6 Å². The molecule has 0 fully saturated rings. The summed E-state index contributed by atoms with van der Waals surface area (Å²) in [5.74, 6) is 1.82. The topological polar surface area (TPSA) is 76.7 Å². The Morgan fingerprint density at radius 1 is 0.971 bits per heavy atom. The highest BCUT2D eigenvalue weighted by atomic mass is 32.2. The van der Waals surface area contributed by atoms with Crippen LogP contribution in [-0.4, -0.2) is 29.2 Å². The molecule has 3 aromatic rings. The van der Waals surface area contributed by atoms with Gasteiger partial charge in [-0.3, -0.25) is 0 Å². The molecule has 7 heteroatoms. The number of allylic oxidation sites excluding steroid dienone is 2. The minimum atomic E-state index is -3.61. The Morgan fingerprint density at radius 3 is 2.54 bits per heavy atom. The summed E-state index contributed by atoms with van der Waals surface area (Å²) in [7, 11) is -0.337. The van der Waals surface area contributed by atoms with E-state index in [4.69, 9.17) is 9.47 Å². The normalized spacial score (nSPS) is 20.6. The van der Waals surface area contributed by atoms with Crippen LogP contribution < -0.4 is 19.5 Å². The largest absolute Gasteiger partial charge is 0.493 e. The van der Waals surface area contributed by atoms with E-state index in [1.807, 2.05) is 54.6 Å². The highest BCUT2D eigenvalue weighted by Gasteiger charge is 2.38. The average molecular weight is 491 g/mol. The first kappa shape index (κ1) is 23.5. The van der Waals surface area contributed by atoms with E-state index >= 15 is 0 Å². The number of benzene rings is 3. The number of ether oxygens (including phenoxy) is 2. The van der Waals surface area contributed by atoms with Crippen molar-refractivity contribution in [3.8, 4) is 11.5 Å². The molecule has 1 aliphatic carbocycles. The van der Waals surface area contributed by atoms with E-state index in [2.05, 4.69) is 28.3 Å². The van der Waals surface area contributed by atoms with Crippen LogP contribution in [0.3, 0.4) is 0 Å². The van der Waals surface area contributed by atoms with Crippen LogP contribution >= 0.6 is 0 Å². The lowest BCUT2D eigenvalue weighted by Gasteiger charge is -2.38. The number of nitrogens with one attached hydrogen (secondary N) is 2. The van der Waals surface area contributed by atoms with Crippen molar-refractivity contribution in [1.82, 2.24) is 4.72 Å². The molecule has 0 aromatic heterocycles. The molecule has 5 rings (SSSR count). The zero-order chi connectivity index (χ0) is 24.4. The molecule has 0 saturated heterocycles. The number of sulfonamides is 1. The summed E-state index contributed by atoms with van der Waals surface area (Å²) in [6.07, 6.45) is 5.96. The van der Waals surface area contributed by atoms with Gasteiger partial charge < -0.3 is 14.8 Å². The Balaban J connectivity index is 1.39. The molecule has 1 heterocycles. The molecular formula is C28H30N2O4S. The highest BCUT2D eigenvalue weighted by molar-refractivity contribution is 7.89. The number of fused-ring (bicyclic) bond motifs is 3. The van der Waals surface area contributed by atoms with Gasteiger partial charge in [0.25, 0.3) is 0 Å². The number of hydrogen-bond donors (Lipinski definition) is 2. The molecule has 2 aliphatic rings. The minimum Gasteiger partial charge on any atom is -0.493 e. The predicted octanol–water partition coefficient (Wildman–Crippen LogP) is 5.05. The Morgan fingerprint density at radius 2 is 1.77 bits per heavy atom. The van der Waals surface area contributed by atoms with Crippen LogP contribution in [-0.2, 0) is 16.4 Å². The first-order chi connectivity index (χ1) is 17.0. The summed E-state index contributed by atoms with van der Waals surface area (Å²) in [4.78, 5) is 0.301. The maximum absolute atomic E-state index is 13.0. The second kappa shape index (κ2) is 9.76.